The van der Waals surface area contributed by atoms with Crippen LogP contribution in [0.5, 0.6) is 5.75 Å². The Bertz CT molecular complexity index is 1360. The summed E-state index contributed by atoms with van der Waals surface area (Å²) in [5.41, 5.74) is 3.79. The number of methoxy groups -OCH3 is 1. The molecule has 1 amide bonds. The molecule has 4 rings (SSSR count). The molecule has 0 bridgehead atoms. The average molecular weight is 505 g/mol. The zero-order valence-corrected chi connectivity index (χ0v) is 22.5. The number of aromatic nitrogens is 1. The SMILES string of the molecule is CCOc1ccc(/C(O)=C2\C(=O)C(=O)N(CCCOC)C2c2c(C)[nH]c3ccccc23)cc1C(C)(C)C. The Morgan fingerprint density at radius 1 is 1.14 bits per heavy atom. The van der Waals surface area contributed by atoms with E-state index in [0.717, 1.165) is 33.5 Å². The number of Topliss-reactive ketones (excluding diaryl/α,β-unsaturated/α-hetero) is 1. The van der Waals surface area contributed by atoms with Crippen LogP contribution in [0.15, 0.2) is 48.0 Å². The number of nitrogens with zero attached hydrogens (tertiary/aromatic N) is 1. The normalized spacial score (nSPS) is 17.7. The van der Waals surface area contributed by atoms with Crippen LogP contribution in [-0.4, -0.2) is 53.5 Å². The number of H-pyrrole nitrogens is 1. The Labute approximate surface area is 218 Å². The Hall–Kier alpha value is -3.58. The number of fused-ring (bicyclic) bond motifs is 1. The largest absolute Gasteiger partial charge is 0.507 e. The minimum atomic E-state index is -0.724. The second-order valence-corrected chi connectivity index (χ2v) is 10.4. The number of aliphatic hydroxyl groups is 1. The number of rotatable bonds is 8. The van der Waals surface area contributed by atoms with E-state index < -0.39 is 17.7 Å². The first-order valence-electron chi connectivity index (χ1n) is 12.7. The summed E-state index contributed by atoms with van der Waals surface area (Å²) in [6, 6.07) is 12.5. The molecule has 3 aromatic rings. The molecule has 37 heavy (non-hydrogen) atoms. The molecule has 7 heteroatoms. The van der Waals surface area contributed by atoms with Crippen LogP contribution in [-0.2, 0) is 19.7 Å². The molecule has 1 aliphatic rings. The second-order valence-electron chi connectivity index (χ2n) is 10.4. The van der Waals surface area contributed by atoms with Crippen LogP contribution in [0.4, 0.5) is 0 Å². The Balaban J connectivity index is 1.94. The van der Waals surface area contributed by atoms with E-state index >= 15 is 0 Å². The van der Waals surface area contributed by atoms with Gasteiger partial charge in [-0.1, -0.05) is 39.0 Å². The van der Waals surface area contributed by atoms with E-state index in [1.165, 1.54) is 0 Å². The third-order valence-electron chi connectivity index (χ3n) is 6.87. The lowest BCUT2D eigenvalue weighted by Crippen LogP contribution is -2.31. The van der Waals surface area contributed by atoms with E-state index in [0.29, 0.717) is 31.7 Å². The smallest absolute Gasteiger partial charge is 0.295 e. The van der Waals surface area contributed by atoms with Crippen molar-refractivity contribution in [2.24, 2.45) is 0 Å². The van der Waals surface area contributed by atoms with Crippen LogP contribution in [0, 0.1) is 6.92 Å². The summed E-state index contributed by atoms with van der Waals surface area (Å²) in [7, 11) is 1.61. The standard InChI is InChI=1S/C30H36N2O5/c1-7-37-23-14-13-19(17-21(23)30(3,4)5)27(33)25-26(32(15-10-16-36-6)29(35)28(25)34)24-18(2)31-22-12-9-8-11-20(22)24/h8-9,11-14,17,26,31,33H,7,10,15-16H2,1-6H3/b27-25+. The first-order valence-corrected chi connectivity index (χ1v) is 12.7. The minimum Gasteiger partial charge on any atom is -0.507 e. The monoisotopic (exact) mass is 504 g/mol. The second kappa shape index (κ2) is 10.4. The number of para-hydroxylation sites is 1. The number of nitrogens with one attached hydrogen (secondary N) is 1. The molecule has 2 heterocycles. The Kier molecular flexibility index (Phi) is 7.46. The van der Waals surface area contributed by atoms with Crippen molar-refractivity contribution < 1.29 is 24.2 Å². The maximum absolute atomic E-state index is 13.5. The summed E-state index contributed by atoms with van der Waals surface area (Å²) in [5, 5.41) is 12.6. The molecule has 1 atom stereocenters. The summed E-state index contributed by atoms with van der Waals surface area (Å²) < 4.78 is 11.0. The van der Waals surface area contributed by atoms with E-state index in [4.69, 9.17) is 9.47 Å². The fraction of sp³-hybridized carbons (Fsp3) is 0.400. The van der Waals surface area contributed by atoms with Gasteiger partial charge in [0.05, 0.1) is 18.2 Å². The van der Waals surface area contributed by atoms with Crippen LogP contribution in [0.1, 0.15) is 62.5 Å². The van der Waals surface area contributed by atoms with E-state index in [9.17, 15) is 14.7 Å². The summed E-state index contributed by atoms with van der Waals surface area (Å²) >= 11 is 0. The van der Waals surface area contributed by atoms with Crippen molar-refractivity contribution in [3.05, 3.63) is 70.4 Å². The van der Waals surface area contributed by atoms with Crippen molar-refractivity contribution in [3.63, 3.8) is 0 Å². The van der Waals surface area contributed by atoms with Gasteiger partial charge in [0.2, 0.25) is 0 Å². The molecule has 0 aliphatic carbocycles. The third-order valence-corrected chi connectivity index (χ3v) is 6.87. The summed E-state index contributed by atoms with van der Waals surface area (Å²) in [4.78, 5) is 31.8. The molecule has 1 fully saturated rings. The maximum atomic E-state index is 13.5. The van der Waals surface area contributed by atoms with E-state index in [1.807, 2.05) is 50.2 Å². The number of benzene rings is 2. The number of amides is 1. The Morgan fingerprint density at radius 2 is 1.86 bits per heavy atom. The number of aliphatic hydroxyl groups excluding tert-OH is 1. The summed E-state index contributed by atoms with van der Waals surface area (Å²) in [6.07, 6.45) is 0.568. The number of carbonyl (C=O) groups excluding carboxylic acids is 2. The van der Waals surface area contributed by atoms with Crippen LogP contribution in [0.3, 0.4) is 0 Å². The minimum absolute atomic E-state index is 0.0966. The first-order chi connectivity index (χ1) is 17.6. The van der Waals surface area contributed by atoms with Gasteiger partial charge in [0.25, 0.3) is 11.7 Å². The molecule has 7 nitrogen and oxygen atoms in total. The molecule has 1 saturated heterocycles. The lowest BCUT2D eigenvalue weighted by atomic mass is 9.84. The molecular formula is C30H36N2O5. The zero-order chi connectivity index (χ0) is 26.9. The summed E-state index contributed by atoms with van der Waals surface area (Å²) in [5.74, 6) is -0.753. The fourth-order valence-electron chi connectivity index (χ4n) is 5.14. The zero-order valence-electron chi connectivity index (χ0n) is 22.5. The third kappa shape index (κ3) is 4.88. The topological polar surface area (TPSA) is 91.9 Å². The Morgan fingerprint density at radius 3 is 2.54 bits per heavy atom. The van der Waals surface area contributed by atoms with Crippen molar-refractivity contribution >= 4 is 28.4 Å². The average Bonchev–Trinajstić information content (AvgIpc) is 3.31. The van der Waals surface area contributed by atoms with Gasteiger partial charge in [-0.2, -0.15) is 0 Å². The van der Waals surface area contributed by atoms with E-state index in [1.54, 1.807) is 18.1 Å². The first kappa shape index (κ1) is 26.5. The molecule has 0 saturated carbocycles. The molecule has 0 radical (unpaired) electrons. The van der Waals surface area contributed by atoms with E-state index in [-0.39, 0.29) is 16.7 Å². The maximum Gasteiger partial charge on any atom is 0.295 e. The van der Waals surface area contributed by atoms with Crippen LogP contribution in [0.25, 0.3) is 16.7 Å². The van der Waals surface area contributed by atoms with Crippen LogP contribution >= 0.6 is 0 Å². The highest BCUT2D eigenvalue weighted by Crippen LogP contribution is 2.44. The lowest BCUT2D eigenvalue weighted by molar-refractivity contribution is -0.140. The van der Waals surface area contributed by atoms with Crippen molar-refractivity contribution in [1.82, 2.24) is 9.88 Å². The quantitative estimate of drug-likeness (QED) is 0.180. The van der Waals surface area contributed by atoms with Gasteiger partial charge < -0.3 is 24.5 Å². The molecule has 1 aliphatic heterocycles. The van der Waals surface area contributed by atoms with Crippen molar-refractivity contribution in [3.8, 4) is 5.75 Å². The number of aryl methyl sites for hydroxylation is 1. The van der Waals surface area contributed by atoms with Gasteiger partial charge in [-0.05, 0) is 49.9 Å². The van der Waals surface area contributed by atoms with Crippen LogP contribution in [0.2, 0.25) is 0 Å². The van der Waals surface area contributed by atoms with Gasteiger partial charge in [-0.3, -0.25) is 9.59 Å². The molecular weight excluding hydrogens is 468 g/mol. The van der Waals surface area contributed by atoms with Crippen molar-refractivity contribution in [1.29, 1.82) is 0 Å². The highest BCUT2D eigenvalue weighted by molar-refractivity contribution is 6.46. The molecule has 2 N–H and O–H groups in total. The van der Waals surface area contributed by atoms with Gasteiger partial charge >= 0.3 is 0 Å². The lowest BCUT2D eigenvalue weighted by Gasteiger charge is -2.26. The number of ether oxygens (including phenoxy) is 2. The molecule has 196 valence electrons. The molecule has 0 spiro atoms. The number of aromatic amines is 1. The van der Waals surface area contributed by atoms with Gasteiger partial charge in [0, 0.05) is 53.5 Å². The highest BCUT2D eigenvalue weighted by Gasteiger charge is 2.47. The molecule has 1 unspecified atom stereocenters. The number of hydrogen-bond donors (Lipinski definition) is 2. The van der Waals surface area contributed by atoms with Crippen molar-refractivity contribution in [2.75, 3.05) is 26.9 Å². The fourth-order valence-corrected chi connectivity index (χ4v) is 5.14. The van der Waals surface area contributed by atoms with Gasteiger partial charge in [-0.15, -0.1) is 0 Å². The number of hydrogen-bond acceptors (Lipinski definition) is 5. The van der Waals surface area contributed by atoms with E-state index in [2.05, 4.69) is 25.8 Å². The number of likely N-dealkylation sites (tertiary alicyclic amines) is 1. The van der Waals surface area contributed by atoms with Gasteiger partial charge in [0.1, 0.15) is 11.5 Å². The van der Waals surface area contributed by atoms with Crippen LogP contribution < -0.4 is 4.74 Å². The predicted molar refractivity (Wildman–Crippen MR) is 145 cm³/mol. The number of ketones is 1. The predicted octanol–water partition coefficient (Wildman–Crippen LogP) is 5.63. The highest BCUT2D eigenvalue weighted by atomic mass is 16.5. The molecule has 1 aromatic heterocycles. The van der Waals surface area contributed by atoms with Gasteiger partial charge in [-0.25, -0.2) is 0 Å². The van der Waals surface area contributed by atoms with Crippen molar-refractivity contribution in [2.45, 2.75) is 52.5 Å². The molecule has 2 aromatic carbocycles. The number of carbonyl (C=O) groups is 2. The summed E-state index contributed by atoms with van der Waals surface area (Å²) in [6.45, 7) is 11.4. The van der Waals surface area contributed by atoms with Gasteiger partial charge in [0.15, 0.2) is 0 Å².